The molecule has 15 heavy (non-hydrogen) atoms. The maximum atomic E-state index is 4.25. The van der Waals surface area contributed by atoms with Crippen molar-refractivity contribution in [3.63, 3.8) is 0 Å². The highest BCUT2D eigenvalue weighted by molar-refractivity contribution is 9.10. The number of aryl methyl sites for hydroxylation is 2. The van der Waals surface area contributed by atoms with Crippen molar-refractivity contribution in [2.75, 3.05) is 0 Å². The Hall–Kier alpha value is -1.09. The maximum Gasteiger partial charge on any atom is 0.0662 e. The zero-order chi connectivity index (χ0) is 10.8. The molecule has 0 amide bonds. The van der Waals surface area contributed by atoms with Crippen molar-refractivity contribution in [1.82, 2.24) is 9.78 Å². The number of nitrogens with zero attached hydrogens (tertiary/aromatic N) is 2. The number of benzene rings is 1. The molecule has 0 saturated heterocycles. The lowest BCUT2D eigenvalue weighted by Crippen LogP contribution is -2.01. The van der Waals surface area contributed by atoms with Crippen LogP contribution in [0.15, 0.2) is 35.1 Å². The fourth-order valence-corrected chi connectivity index (χ4v) is 1.90. The van der Waals surface area contributed by atoms with Gasteiger partial charge in [0, 0.05) is 6.20 Å². The molecule has 2 rings (SSSR count). The fraction of sp³-hybridized carbons (Fsp3) is 0.250. The Morgan fingerprint density at radius 3 is 2.80 bits per heavy atom. The average Bonchev–Trinajstić information content (AvgIpc) is 2.58. The summed E-state index contributed by atoms with van der Waals surface area (Å²) in [5.41, 5.74) is 3.93. The topological polar surface area (TPSA) is 17.8 Å². The third kappa shape index (κ3) is 2.48. The Labute approximate surface area is 98.1 Å². The van der Waals surface area contributed by atoms with E-state index in [1.807, 2.05) is 17.1 Å². The van der Waals surface area contributed by atoms with Gasteiger partial charge in [0.15, 0.2) is 0 Å². The molecule has 0 bridgehead atoms. The van der Waals surface area contributed by atoms with Crippen molar-refractivity contribution in [3.05, 3.63) is 51.8 Å². The summed E-state index contributed by atoms with van der Waals surface area (Å²) in [5, 5.41) is 4.25. The van der Waals surface area contributed by atoms with Gasteiger partial charge in [-0.05, 0) is 40.9 Å². The van der Waals surface area contributed by atoms with Crippen LogP contribution < -0.4 is 0 Å². The van der Waals surface area contributed by atoms with Crippen molar-refractivity contribution in [2.24, 2.45) is 0 Å². The van der Waals surface area contributed by atoms with E-state index in [1.54, 1.807) is 0 Å². The molecule has 2 aromatic rings. The number of hydrogen-bond donors (Lipinski definition) is 0. The van der Waals surface area contributed by atoms with Crippen LogP contribution in [-0.4, -0.2) is 9.78 Å². The van der Waals surface area contributed by atoms with E-state index in [4.69, 9.17) is 0 Å². The summed E-state index contributed by atoms with van der Waals surface area (Å²) in [6.07, 6.45) is 3.80. The standard InChI is InChI=1S/C12H13BrN2/c1-9-3-4-10(2)11(5-9)7-15-8-12(13)6-14-15/h3-6,8H,7H2,1-2H3. The smallest absolute Gasteiger partial charge is 0.0662 e. The van der Waals surface area contributed by atoms with E-state index >= 15 is 0 Å². The highest BCUT2D eigenvalue weighted by Crippen LogP contribution is 2.13. The minimum Gasteiger partial charge on any atom is -0.267 e. The first kappa shape index (κ1) is 10.4. The third-order valence-electron chi connectivity index (χ3n) is 2.44. The lowest BCUT2D eigenvalue weighted by molar-refractivity contribution is 0.683. The summed E-state index contributed by atoms with van der Waals surface area (Å²) in [5.74, 6) is 0. The minimum atomic E-state index is 0.832. The Morgan fingerprint density at radius 1 is 1.33 bits per heavy atom. The Kier molecular flexibility index (Phi) is 2.91. The van der Waals surface area contributed by atoms with Crippen LogP contribution in [0, 0.1) is 13.8 Å². The molecule has 2 nitrogen and oxygen atoms in total. The summed E-state index contributed by atoms with van der Waals surface area (Å²) in [6, 6.07) is 6.51. The molecule has 0 radical (unpaired) electrons. The molecule has 1 aromatic carbocycles. The van der Waals surface area contributed by atoms with Crippen LogP contribution in [0.3, 0.4) is 0 Å². The molecule has 0 fully saturated rings. The number of aromatic nitrogens is 2. The van der Waals surface area contributed by atoms with Crippen molar-refractivity contribution in [2.45, 2.75) is 20.4 Å². The van der Waals surface area contributed by atoms with Gasteiger partial charge in [-0.25, -0.2) is 0 Å². The van der Waals surface area contributed by atoms with Gasteiger partial charge in [-0.3, -0.25) is 4.68 Å². The van der Waals surface area contributed by atoms with E-state index in [-0.39, 0.29) is 0 Å². The fourth-order valence-electron chi connectivity index (χ4n) is 1.57. The molecule has 78 valence electrons. The van der Waals surface area contributed by atoms with Crippen LogP contribution in [0.25, 0.3) is 0 Å². The molecule has 0 unspecified atom stereocenters. The molecular weight excluding hydrogens is 252 g/mol. The van der Waals surface area contributed by atoms with Crippen molar-refractivity contribution in [1.29, 1.82) is 0 Å². The molecule has 0 saturated carbocycles. The molecule has 0 N–H and O–H groups in total. The van der Waals surface area contributed by atoms with Gasteiger partial charge in [0.25, 0.3) is 0 Å². The Balaban J connectivity index is 2.27. The second kappa shape index (κ2) is 4.19. The Bertz CT molecular complexity index is 474. The summed E-state index contributed by atoms with van der Waals surface area (Å²) < 4.78 is 2.96. The highest BCUT2D eigenvalue weighted by Gasteiger charge is 2.01. The molecular formula is C12H13BrN2. The first-order valence-electron chi connectivity index (χ1n) is 4.89. The minimum absolute atomic E-state index is 0.832. The van der Waals surface area contributed by atoms with E-state index in [0.717, 1.165) is 11.0 Å². The number of halogens is 1. The Morgan fingerprint density at radius 2 is 2.13 bits per heavy atom. The molecule has 3 heteroatoms. The third-order valence-corrected chi connectivity index (χ3v) is 2.85. The quantitative estimate of drug-likeness (QED) is 0.814. The van der Waals surface area contributed by atoms with Gasteiger partial charge in [0.1, 0.15) is 0 Å². The second-order valence-corrected chi connectivity index (χ2v) is 4.70. The van der Waals surface area contributed by atoms with Gasteiger partial charge < -0.3 is 0 Å². The lowest BCUT2D eigenvalue weighted by Gasteiger charge is -2.06. The van der Waals surface area contributed by atoms with Gasteiger partial charge in [0.2, 0.25) is 0 Å². The first-order valence-corrected chi connectivity index (χ1v) is 5.68. The largest absolute Gasteiger partial charge is 0.267 e. The van der Waals surface area contributed by atoms with Crippen LogP contribution in [-0.2, 0) is 6.54 Å². The van der Waals surface area contributed by atoms with E-state index < -0.39 is 0 Å². The molecule has 1 aromatic heterocycles. The molecule has 0 aliphatic heterocycles. The number of rotatable bonds is 2. The summed E-state index contributed by atoms with van der Waals surface area (Å²) >= 11 is 3.40. The molecule has 0 aliphatic rings. The lowest BCUT2D eigenvalue weighted by atomic mass is 10.1. The predicted octanol–water partition coefficient (Wildman–Crippen LogP) is 3.31. The summed E-state index contributed by atoms with van der Waals surface area (Å²) in [4.78, 5) is 0. The van der Waals surface area contributed by atoms with E-state index in [1.165, 1.54) is 16.7 Å². The first-order chi connectivity index (χ1) is 7.15. The zero-order valence-electron chi connectivity index (χ0n) is 8.87. The van der Waals surface area contributed by atoms with Gasteiger partial charge >= 0.3 is 0 Å². The molecule has 0 spiro atoms. The van der Waals surface area contributed by atoms with Crippen LogP contribution >= 0.6 is 15.9 Å². The van der Waals surface area contributed by atoms with E-state index in [0.29, 0.717) is 0 Å². The summed E-state index contributed by atoms with van der Waals surface area (Å²) in [7, 11) is 0. The van der Waals surface area contributed by atoms with E-state index in [9.17, 15) is 0 Å². The van der Waals surface area contributed by atoms with Crippen molar-refractivity contribution < 1.29 is 0 Å². The van der Waals surface area contributed by atoms with Crippen molar-refractivity contribution >= 4 is 15.9 Å². The normalized spacial score (nSPS) is 10.6. The van der Waals surface area contributed by atoms with Crippen LogP contribution in [0.1, 0.15) is 16.7 Å². The average molecular weight is 265 g/mol. The summed E-state index contributed by atoms with van der Waals surface area (Å²) in [6.45, 7) is 5.08. The number of hydrogen-bond acceptors (Lipinski definition) is 1. The van der Waals surface area contributed by atoms with Crippen LogP contribution in [0.4, 0.5) is 0 Å². The molecule has 0 atom stereocenters. The SMILES string of the molecule is Cc1ccc(C)c(Cn2cc(Br)cn2)c1. The monoisotopic (exact) mass is 264 g/mol. The van der Waals surface area contributed by atoms with Crippen LogP contribution in [0.5, 0.6) is 0 Å². The maximum absolute atomic E-state index is 4.25. The second-order valence-electron chi connectivity index (χ2n) is 3.79. The van der Waals surface area contributed by atoms with Crippen LogP contribution in [0.2, 0.25) is 0 Å². The predicted molar refractivity (Wildman–Crippen MR) is 64.9 cm³/mol. The van der Waals surface area contributed by atoms with Gasteiger partial charge in [0.05, 0.1) is 17.2 Å². The van der Waals surface area contributed by atoms with Crippen molar-refractivity contribution in [3.8, 4) is 0 Å². The molecule has 0 aliphatic carbocycles. The van der Waals surface area contributed by atoms with Gasteiger partial charge in [-0.1, -0.05) is 23.8 Å². The molecule has 1 heterocycles. The van der Waals surface area contributed by atoms with E-state index in [2.05, 4.69) is 53.1 Å². The zero-order valence-corrected chi connectivity index (χ0v) is 10.5. The van der Waals surface area contributed by atoms with Gasteiger partial charge in [-0.2, -0.15) is 5.10 Å². The van der Waals surface area contributed by atoms with Gasteiger partial charge in [-0.15, -0.1) is 0 Å². The highest BCUT2D eigenvalue weighted by atomic mass is 79.9.